The number of nitriles is 2. The molecule has 0 spiro atoms. The van der Waals surface area contributed by atoms with Crippen LogP contribution in [0.3, 0.4) is 0 Å². The number of hydrogen-bond acceptors (Lipinski definition) is 9. The van der Waals surface area contributed by atoms with Gasteiger partial charge in [-0.3, -0.25) is 25.6 Å². The van der Waals surface area contributed by atoms with Crippen LogP contribution < -0.4 is 5.73 Å². The molecule has 1 aromatic carbocycles. The van der Waals surface area contributed by atoms with Gasteiger partial charge in [0.2, 0.25) is 0 Å². The Balaban J connectivity index is 3.04. The van der Waals surface area contributed by atoms with E-state index in [4.69, 9.17) is 11.1 Å². The van der Waals surface area contributed by atoms with Gasteiger partial charge >= 0.3 is 0 Å². The van der Waals surface area contributed by atoms with Crippen molar-refractivity contribution in [3.63, 3.8) is 0 Å². The lowest BCUT2D eigenvalue weighted by molar-refractivity contribution is -0.396. The van der Waals surface area contributed by atoms with Crippen LogP contribution in [-0.2, 0) is 0 Å². The molecule has 1 aromatic rings. The summed E-state index contributed by atoms with van der Waals surface area (Å²) < 4.78 is 0. The molecule has 1 heterocycles. The lowest BCUT2D eigenvalue weighted by atomic mass is 9.76. The molecule has 0 bridgehead atoms. The number of nitro groups is 2. The van der Waals surface area contributed by atoms with E-state index in [0.29, 0.717) is 0 Å². The number of nitrogens with zero attached hydrogens (tertiary/aromatic N) is 4. The number of allylic oxidation sites excluding steroid dienone is 1. The first-order valence-electron chi connectivity index (χ1n) is 7.56. The van der Waals surface area contributed by atoms with Gasteiger partial charge in [0.25, 0.3) is 11.4 Å². The Labute approximate surface area is 158 Å². The Morgan fingerprint density at radius 2 is 1.56 bits per heavy atom. The summed E-state index contributed by atoms with van der Waals surface area (Å²) in [5.74, 6) is -2.22. The molecule has 0 aromatic heterocycles. The first-order chi connectivity index (χ1) is 12.6. The number of rotatable bonds is 3. The molecule has 138 valence electrons. The van der Waals surface area contributed by atoms with Gasteiger partial charge in [-0.2, -0.15) is 10.5 Å². The van der Waals surface area contributed by atoms with E-state index in [0.717, 1.165) is 11.8 Å². The van der Waals surface area contributed by atoms with Crippen molar-refractivity contribution in [1.29, 1.82) is 15.9 Å². The molecule has 2 atom stereocenters. The second-order valence-electron chi connectivity index (χ2n) is 5.94. The highest BCUT2D eigenvalue weighted by atomic mass is 32.2. The van der Waals surface area contributed by atoms with Gasteiger partial charge in [0, 0.05) is 17.0 Å². The van der Waals surface area contributed by atoms with Gasteiger partial charge in [0.1, 0.15) is 11.5 Å². The Bertz CT molecular complexity index is 976. The average Bonchev–Trinajstić information content (AvgIpc) is 2.54. The van der Waals surface area contributed by atoms with E-state index in [1.807, 2.05) is 12.1 Å². The zero-order chi connectivity index (χ0) is 20.6. The average molecular weight is 386 g/mol. The number of benzene rings is 1. The van der Waals surface area contributed by atoms with Crippen LogP contribution in [0.2, 0.25) is 0 Å². The van der Waals surface area contributed by atoms with Crippen molar-refractivity contribution in [2.75, 3.05) is 0 Å². The molecule has 0 saturated carbocycles. The minimum atomic E-state index is -1.13. The molecule has 11 heteroatoms. The predicted molar refractivity (Wildman–Crippen MR) is 97.9 cm³/mol. The first kappa shape index (κ1) is 19.9. The number of hydrogen-bond donors (Lipinski definition) is 2. The van der Waals surface area contributed by atoms with Crippen LogP contribution in [0.1, 0.15) is 28.2 Å². The van der Waals surface area contributed by atoms with Crippen LogP contribution >= 0.6 is 11.8 Å². The monoisotopic (exact) mass is 386 g/mol. The fraction of sp³-hybridized carbons (Fsp3) is 0.312. The maximum atomic E-state index is 11.6. The summed E-state index contributed by atoms with van der Waals surface area (Å²) in [6, 6.07) is 3.83. The Hall–Kier alpha value is -3.44. The number of thioether (sulfide) groups is 1. The largest absolute Gasteiger partial charge is 0.392 e. The van der Waals surface area contributed by atoms with E-state index in [9.17, 15) is 30.8 Å². The molecule has 0 aliphatic carbocycles. The third kappa shape index (κ3) is 2.98. The second-order valence-corrected chi connectivity index (χ2v) is 7.02. The van der Waals surface area contributed by atoms with Gasteiger partial charge < -0.3 is 5.73 Å². The highest BCUT2D eigenvalue weighted by Gasteiger charge is 2.42. The van der Waals surface area contributed by atoms with E-state index in [1.165, 1.54) is 20.8 Å². The molecule has 1 aliphatic heterocycles. The van der Waals surface area contributed by atoms with Crippen LogP contribution in [0.5, 0.6) is 0 Å². The van der Waals surface area contributed by atoms with Crippen molar-refractivity contribution in [3.05, 3.63) is 53.1 Å². The van der Waals surface area contributed by atoms with E-state index in [1.54, 1.807) is 0 Å². The summed E-state index contributed by atoms with van der Waals surface area (Å²) in [4.78, 5) is 21.7. The SMILES string of the molecule is Cc1c([C@H]2C(C#N)=C(N)SC(=N)[C@H]2C#N)c(C)c([N+](=O)[O-])c(C)c1[N+](=O)[O-]. The first-order valence-corrected chi connectivity index (χ1v) is 8.38. The van der Waals surface area contributed by atoms with Gasteiger partial charge in [-0.05, 0) is 26.3 Å². The van der Waals surface area contributed by atoms with Crippen LogP contribution in [0.4, 0.5) is 11.4 Å². The van der Waals surface area contributed by atoms with Gasteiger partial charge in [0.15, 0.2) is 0 Å². The Morgan fingerprint density at radius 1 is 1.07 bits per heavy atom. The number of nitrogens with one attached hydrogen (secondary N) is 1. The Morgan fingerprint density at radius 3 is 1.93 bits per heavy atom. The summed E-state index contributed by atoms with van der Waals surface area (Å²) in [5, 5.41) is 50.1. The fourth-order valence-corrected chi connectivity index (χ4v) is 4.34. The standard InChI is InChI=1S/C16H14N6O4S/c1-6-11(7(2)14(22(25)26)8(3)13(6)21(23)24)12-9(4-17)15(19)27-16(20)10(12)5-18/h9,12,19H,20H2,1-3H3/t9-,12+/m0/s1. The molecule has 0 radical (unpaired) electrons. The maximum absolute atomic E-state index is 11.6. The molecule has 0 unspecified atom stereocenters. The highest BCUT2D eigenvalue weighted by Crippen LogP contribution is 2.48. The Kier molecular flexibility index (Phi) is 5.19. The lowest BCUT2D eigenvalue weighted by Gasteiger charge is -2.30. The minimum Gasteiger partial charge on any atom is -0.392 e. The molecule has 3 N–H and O–H groups in total. The summed E-state index contributed by atoms with van der Waals surface area (Å²) in [7, 11) is 0. The topological polar surface area (TPSA) is 184 Å². The van der Waals surface area contributed by atoms with E-state index < -0.39 is 33.1 Å². The van der Waals surface area contributed by atoms with Crippen molar-refractivity contribution in [1.82, 2.24) is 0 Å². The lowest BCUT2D eigenvalue weighted by Crippen LogP contribution is -2.28. The molecule has 0 amide bonds. The van der Waals surface area contributed by atoms with Crippen molar-refractivity contribution < 1.29 is 9.85 Å². The summed E-state index contributed by atoms with van der Waals surface area (Å²) in [6.07, 6.45) is 0. The van der Waals surface area contributed by atoms with Crippen LogP contribution in [0, 0.1) is 75.0 Å². The summed E-state index contributed by atoms with van der Waals surface area (Å²) in [5.41, 5.74) is 5.19. The van der Waals surface area contributed by atoms with Crippen molar-refractivity contribution >= 4 is 28.2 Å². The van der Waals surface area contributed by atoms with E-state index in [-0.39, 0.29) is 37.9 Å². The fourth-order valence-electron chi connectivity index (χ4n) is 3.50. The zero-order valence-corrected chi connectivity index (χ0v) is 15.4. The third-order valence-corrected chi connectivity index (χ3v) is 5.49. The van der Waals surface area contributed by atoms with Crippen LogP contribution in [-0.4, -0.2) is 14.9 Å². The normalized spacial score (nSPS) is 19.4. The molecular weight excluding hydrogens is 372 g/mol. The molecule has 1 aliphatic rings. The van der Waals surface area contributed by atoms with Crippen LogP contribution in [0.25, 0.3) is 0 Å². The van der Waals surface area contributed by atoms with Gasteiger partial charge in [-0.1, -0.05) is 11.8 Å². The maximum Gasteiger partial charge on any atom is 0.282 e. The predicted octanol–water partition coefficient (Wildman–Crippen LogP) is 3.07. The highest BCUT2D eigenvalue weighted by molar-refractivity contribution is 8.17. The molecule has 27 heavy (non-hydrogen) atoms. The van der Waals surface area contributed by atoms with Gasteiger partial charge in [-0.25, -0.2) is 0 Å². The number of nitro benzene ring substituents is 2. The molecule has 0 saturated heterocycles. The molecule has 0 fully saturated rings. The molecular formula is C16H14N6O4S. The molecule has 2 rings (SSSR count). The summed E-state index contributed by atoms with van der Waals surface area (Å²) in [6.45, 7) is 4.13. The van der Waals surface area contributed by atoms with Gasteiger partial charge in [-0.15, -0.1) is 0 Å². The second kappa shape index (κ2) is 7.05. The van der Waals surface area contributed by atoms with Crippen molar-refractivity contribution in [2.45, 2.75) is 26.7 Å². The van der Waals surface area contributed by atoms with E-state index in [2.05, 4.69) is 0 Å². The van der Waals surface area contributed by atoms with E-state index >= 15 is 0 Å². The quantitative estimate of drug-likeness (QED) is 0.586. The summed E-state index contributed by atoms with van der Waals surface area (Å²) >= 11 is 0.769. The minimum absolute atomic E-state index is 0.00341. The number of nitrogens with two attached hydrogens (primary N) is 1. The smallest absolute Gasteiger partial charge is 0.282 e. The molecule has 10 nitrogen and oxygen atoms in total. The zero-order valence-electron chi connectivity index (χ0n) is 14.6. The van der Waals surface area contributed by atoms with Crippen molar-refractivity contribution in [3.8, 4) is 12.1 Å². The van der Waals surface area contributed by atoms with Crippen molar-refractivity contribution in [2.24, 2.45) is 11.7 Å². The van der Waals surface area contributed by atoms with Crippen LogP contribution in [0.15, 0.2) is 10.6 Å². The van der Waals surface area contributed by atoms with Gasteiger partial charge in [0.05, 0.1) is 37.6 Å². The third-order valence-electron chi connectivity index (χ3n) is 4.58.